The quantitative estimate of drug-likeness (QED) is 0.604. The lowest BCUT2D eigenvalue weighted by Crippen LogP contribution is -2.14. The number of anilines is 1. The smallest absolute Gasteiger partial charge is 0.266 e. The second-order valence-electron chi connectivity index (χ2n) is 5.88. The van der Waals surface area contributed by atoms with Crippen LogP contribution >= 0.6 is 11.6 Å². The molecule has 1 aliphatic heterocycles. The average Bonchev–Trinajstić information content (AvgIpc) is 3.16. The Morgan fingerprint density at radius 2 is 1.96 bits per heavy atom. The van der Waals surface area contributed by atoms with E-state index in [2.05, 4.69) is 5.32 Å². The first kappa shape index (κ1) is 19.4. The number of carbonyl (C=O) groups is 1. The van der Waals surface area contributed by atoms with Crippen molar-refractivity contribution in [1.82, 2.24) is 0 Å². The summed E-state index contributed by atoms with van der Waals surface area (Å²) in [6.45, 7) is 1.89. The van der Waals surface area contributed by atoms with E-state index < -0.39 is 5.91 Å². The van der Waals surface area contributed by atoms with Crippen molar-refractivity contribution in [3.63, 3.8) is 0 Å². The van der Waals surface area contributed by atoms with Gasteiger partial charge in [-0.3, -0.25) is 4.79 Å². The molecule has 1 N–H and O–H groups in total. The average molecular weight is 401 g/mol. The minimum Gasteiger partial charge on any atom is -0.495 e. The van der Waals surface area contributed by atoms with Gasteiger partial charge >= 0.3 is 0 Å². The highest BCUT2D eigenvalue weighted by Crippen LogP contribution is 2.42. The Bertz CT molecular complexity index is 1010. The van der Waals surface area contributed by atoms with Gasteiger partial charge in [-0.25, -0.2) is 0 Å². The Labute approximate surface area is 167 Å². The molecule has 0 aromatic heterocycles. The van der Waals surface area contributed by atoms with Crippen LogP contribution in [0, 0.1) is 18.3 Å². The van der Waals surface area contributed by atoms with E-state index in [0.717, 1.165) is 5.56 Å². The van der Waals surface area contributed by atoms with Crippen LogP contribution in [0.5, 0.6) is 23.0 Å². The van der Waals surface area contributed by atoms with Gasteiger partial charge in [-0.15, -0.1) is 0 Å². The minimum atomic E-state index is -0.584. The van der Waals surface area contributed by atoms with Gasteiger partial charge in [0.2, 0.25) is 12.5 Å². The maximum atomic E-state index is 12.6. The van der Waals surface area contributed by atoms with Crippen molar-refractivity contribution in [3.05, 3.63) is 46.0 Å². The zero-order valence-electron chi connectivity index (χ0n) is 15.5. The predicted octanol–water partition coefficient (Wildman–Crippen LogP) is 3.94. The number of aryl methyl sites for hydroxylation is 1. The van der Waals surface area contributed by atoms with Gasteiger partial charge in [0, 0.05) is 11.1 Å². The Morgan fingerprint density at radius 1 is 1.21 bits per heavy atom. The minimum absolute atomic E-state index is 0.0835. The summed E-state index contributed by atoms with van der Waals surface area (Å²) in [6.07, 6.45) is 1.44. The zero-order chi connectivity index (χ0) is 20.3. The van der Waals surface area contributed by atoms with E-state index in [1.165, 1.54) is 20.3 Å². The molecule has 1 heterocycles. The number of methoxy groups -OCH3 is 2. The van der Waals surface area contributed by atoms with E-state index in [9.17, 15) is 10.1 Å². The van der Waals surface area contributed by atoms with E-state index in [4.69, 9.17) is 30.5 Å². The molecule has 0 bridgehead atoms. The number of fused-ring (bicyclic) bond motifs is 1. The molecule has 1 amide bonds. The number of halogens is 1. The summed E-state index contributed by atoms with van der Waals surface area (Å²) in [5.41, 5.74) is 1.64. The lowest BCUT2D eigenvalue weighted by molar-refractivity contribution is -0.112. The van der Waals surface area contributed by atoms with Gasteiger partial charge in [0.15, 0.2) is 11.5 Å². The molecular weight excluding hydrogens is 384 g/mol. The fourth-order valence-corrected chi connectivity index (χ4v) is 2.82. The van der Waals surface area contributed by atoms with Gasteiger partial charge in [0.1, 0.15) is 17.4 Å². The number of rotatable bonds is 5. The number of hydrogen-bond donors (Lipinski definition) is 1. The summed E-state index contributed by atoms with van der Waals surface area (Å²) in [5.74, 6) is 1.24. The molecule has 3 rings (SSSR count). The summed E-state index contributed by atoms with van der Waals surface area (Å²) in [7, 11) is 2.97. The van der Waals surface area contributed by atoms with Crippen molar-refractivity contribution < 1.29 is 23.7 Å². The van der Waals surface area contributed by atoms with Gasteiger partial charge in [0.05, 0.1) is 19.9 Å². The van der Waals surface area contributed by atoms with Crippen molar-refractivity contribution >= 4 is 29.3 Å². The molecule has 0 spiro atoms. The fraction of sp³-hybridized carbons (Fsp3) is 0.200. The Hall–Kier alpha value is -3.37. The third-order valence-electron chi connectivity index (χ3n) is 4.09. The molecule has 2 aromatic rings. The van der Waals surface area contributed by atoms with Crippen LogP contribution in [0.1, 0.15) is 11.1 Å². The maximum absolute atomic E-state index is 12.6. The van der Waals surface area contributed by atoms with Gasteiger partial charge < -0.3 is 24.3 Å². The standard InChI is InChI=1S/C20H17ClN2O5/c1-11-4-15(16(25-2)8-14(11)21)23-20(24)13(9-22)5-12-6-17(26-3)19-18(7-12)27-10-28-19/h4-8H,10H2,1-3H3,(H,23,24)/b13-5+. The third kappa shape index (κ3) is 3.82. The van der Waals surface area contributed by atoms with Crippen molar-refractivity contribution in [2.45, 2.75) is 6.92 Å². The van der Waals surface area contributed by atoms with Crippen LogP contribution < -0.4 is 24.3 Å². The van der Waals surface area contributed by atoms with Gasteiger partial charge in [0.25, 0.3) is 5.91 Å². The largest absolute Gasteiger partial charge is 0.495 e. The normalized spacial score (nSPS) is 12.3. The zero-order valence-corrected chi connectivity index (χ0v) is 16.2. The number of ether oxygens (including phenoxy) is 4. The van der Waals surface area contributed by atoms with Gasteiger partial charge in [-0.2, -0.15) is 5.26 Å². The molecule has 1 aliphatic rings. The lowest BCUT2D eigenvalue weighted by atomic mass is 10.1. The first-order valence-electron chi connectivity index (χ1n) is 8.21. The molecule has 0 fully saturated rings. The molecule has 144 valence electrons. The highest BCUT2D eigenvalue weighted by atomic mass is 35.5. The number of carbonyl (C=O) groups excluding carboxylic acids is 1. The van der Waals surface area contributed by atoms with Crippen molar-refractivity contribution in [1.29, 1.82) is 5.26 Å². The van der Waals surface area contributed by atoms with Crippen molar-refractivity contribution in [2.24, 2.45) is 0 Å². The third-order valence-corrected chi connectivity index (χ3v) is 4.49. The van der Waals surface area contributed by atoms with Crippen molar-refractivity contribution in [3.8, 4) is 29.1 Å². The molecule has 0 saturated heterocycles. The molecule has 2 aromatic carbocycles. The number of benzene rings is 2. The van der Waals surface area contributed by atoms with Gasteiger partial charge in [-0.05, 0) is 42.3 Å². The van der Waals surface area contributed by atoms with E-state index in [0.29, 0.717) is 39.3 Å². The summed E-state index contributed by atoms with van der Waals surface area (Å²) in [5, 5.41) is 12.7. The molecule has 0 atom stereocenters. The van der Waals surface area contributed by atoms with E-state index in [-0.39, 0.29) is 12.4 Å². The number of nitrogens with one attached hydrogen (secondary N) is 1. The number of hydrogen-bond acceptors (Lipinski definition) is 6. The Kier molecular flexibility index (Phi) is 5.62. The summed E-state index contributed by atoms with van der Waals surface area (Å²) < 4.78 is 21.2. The molecule has 8 heteroatoms. The van der Waals surface area contributed by atoms with E-state index >= 15 is 0 Å². The van der Waals surface area contributed by atoms with Crippen LogP contribution in [-0.4, -0.2) is 26.9 Å². The highest BCUT2D eigenvalue weighted by molar-refractivity contribution is 6.31. The van der Waals surface area contributed by atoms with Crippen LogP contribution in [0.15, 0.2) is 29.8 Å². The fourth-order valence-electron chi connectivity index (χ4n) is 2.67. The molecule has 0 unspecified atom stereocenters. The van der Waals surface area contributed by atoms with Crippen LogP contribution in [0.2, 0.25) is 5.02 Å². The summed E-state index contributed by atoms with van der Waals surface area (Å²) in [6, 6.07) is 8.52. The maximum Gasteiger partial charge on any atom is 0.266 e. The Morgan fingerprint density at radius 3 is 2.64 bits per heavy atom. The molecule has 28 heavy (non-hydrogen) atoms. The first-order chi connectivity index (χ1) is 13.5. The molecule has 0 aliphatic carbocycles. The van der Waals surface area contributed by atoms with Gasteiger partial charge in [-0.1, -0.05) is 11.6 Å². The van der Waals surface area contributed by atoms with Crippen molar-refractivity contribution in [2.75, 3.05) is 26.3 Å². The van der Waals surface area contributed by atoms with Crippen LogP contribution in [0.3, 0.4) is 0 Å². The predicted molar refractivity (Wildman–Crippen MR) is 104 cm³/mol. The monoisotopic (exact) mass is 400 g/mol. The number of amides is 1. The molecular formula is C20H17ClN2O5. The first-order valence-corrected chi connectivity index (χ1v) is 8.59. The van der Waals surface area contributed by atoms with E-state index in [1.807, 2.05) is 6.07 Å². The molecule has 0 radical (unpaired) electrons. The highest BCUT2D eigenvalue weighted by Gasteiger charge is 2.20. The second-order valence-corrected chi connectivity index (χ2v) is 6.29. The number of nitrogens with zero attached hydrogens (tertiary/aromatic N) is 1. The molecule has 7 nitrogen and oxygen atoms in total. The Balaban J connectivity index is 1.91. The topological polar surface area (TPSA) is 89.8 Å². The van der Waals surface area contributed by atoms with E-state index in [1.54, 1.807) is 31.2 Å². The second kappa shape index (κ2) is 8.11. The summed E-state index contributed by atoms with van der Waals surface area (Å²) in [4.78, 5) is 12.6. The summed E-state index contributed by atoms with van der Waals surface area (Å²) >= 11 is 6.08. The lowest BCUT2D eigenvalue weighted by Gasteiger charge is -2.12. The SMILES string of the molecule is COc1cc(Cl)c(C)cc1NC(=O)/C(C#N)=C/c1cc(OC)c2c(c1)OCO2. The number of nitriles is 1. The van der Waals surface area contributed by atoms with Crippen LogP contribution in [0.25, 0.3) is 6.08 Å². The van der Waals surface area contributed by atoms with Crippen LogP contribution in [-0.2, 0) is 4.79 Å². The molecule has 0 saturated carbocycles. The van der Waals surface area contributed by atoms with Crippen LogP contribution in [0.4, 0.5) is 5.69 Å².